The van der Waals surface area contributed by atoms with E-state index in [1.54, 1.807) is 4.90 Å². The maximum absolute atomic E-state index is 11.8. The fourth-order valence-electron chi connectivity index (χ4n) is 2.10. The number of piperidine rings is 1. The van der Waals surface area contributed by atoms with Gasteiger partial charge in [0.25, 0.3) is 0 Å². The van der Waals surface area contributed by atoms with Gasteiger partial charge >= 0.3 is 6.09 Å². The molecule has 7 heteroatoms. The molecule has 1 aliphatic rings. The zero-order valence-electron chi connectivity index (χ0n) is 12.1. The van der Waals surface area contributed by atoms with Gasteiger partial charge in [0.05, 0.1) is 19.0 Å². The summed E-state index contributed by atoms with van der Waals surface area (Å²) in [4.78, 5) is 21.5. The summed E-state index contributed by atoms with van der Waals surface area (Å²) in [6.45, 7) is 3.81. The average Bonchev–Trinajstić information content (AvgIpc) is 2.48. The van der Waals surface area contributed by atoms with E-state index in [4.69, 9.17) is 21.1 Å². The second kappa shape index (κ2) is 8.02. The molecule has 21 heavy (non-hydrogen) atoms. The molecule has 0 atom stereocenters. The molecule has 1 aromatic heterocycles. The highest BCUT2D eigenvalue weighted by atomic mass is 35.5. The third kappa shape index (κ3) is 5.04. The Kier molecular flexibility index (Phi) is 6.04. The first kappa shape index (κ1) is 15.8. The lowest BCUT2D eigenvalue weighted by atomic mass is 10.1. The Balaban J connectivity index is 1.74. The highest BCUT2D eigenvalue weighted by Gasteiger charge is 2.25. The molecule has 0 radical (unpaired) electrons. The van der Waals surface area contributed by atoms with E-state index in [1.165, 1.54) is 12.4 Å². The Morgan fingerprint density at radius 2 is 2.19 bits per heavy atom. The number of halogens is 1. The normalized spacial score (nSPS) is 15.8. The molecule has 0 bridgehead atoms. The van der Waals surface area contributed by atoms with Crippen molar-refractivity contribution < 1.29 is 14.3 Å². The molecule has 1 aliphatic heterocycles. The van der Waals surface area contributed by atoms with Crippen molar-refractivity contribution >= 4 is 17.7 Å². The summed E-state index contributed by atoms with van der Waals surface area (Å²) in [5, 5.41) is 0.310. The van der Waals surface area contributed by atoms with Crippen molar-refractivity contribution in [2.75, 3.05) is 19.7 Å². The zero-order valence-corrected chi connectivity index (χ0v) is 12.9. The predicted octanol–water partition coefficient (Wildman–Crippen LogP) is 2.91. The number of rotatable bonds is 5. The molecule has 2 heterocycles. The molecule has 116 valence electrons. The second-order valence-electron chi connectivity index (χ2n) is 4.95. The Bertz CT molecular complexity index is 465. The molecule has 0 N–H and O–H groups in total. The van der Waals surface area contributed by atoms with Crippen LogP contribution >= 0.6 is 11.6 Å². The lowest BCUT2D eigenvalue weighted by Crippen LogP contribution is -2.42. The zero-order chi connectivity index (χ0) is 15.1. The van der Waals surface area contributed by atoms with Gasteiger partial charge in [-0.15, -0.1) is 0 Å². The maximum atomic E-state index is 11.8. The lowest BCUT2D eigenvalue weighted by molar-refractivity contribution is 0.0655. The van der Waals surface area contributed by atoms with E-state index in [0.717, 1.165) is 25.7 Å². The molecule has 0 aromatic carbocycles. The van der Waals surface area contributed by atoms with Crippen LogP contribution in [0.3, 0.4) is 0 Å². The summed E-state index contributed by atoms with van der Waals surface area (Å²) >= 11 is 5.76. The van der Waals surface area contributed by atoms with Gasteiger partial charge in [0.2, 0.25) is 5.88 Å². The number of aromatic nitrogens is 2. The van der Waals surface area contributed by atoms with Crippen molar-refractivity contribution in [3.05, 3.63) is 17.5 Å². The van der Waals surface area contributed by atoms with Gasteiger partial charge in [0.1, 0.15) is 6.10 Å². The fourth-order valence-corrected chi connectivity index (χ4v) is 2.24. The molecule has 0 saturated carbocycles. The van der Waals surface area contributed by atoms with E-state index in [2.05, 4.69) is 16.9 Å². The van der Waals surface area contributed by atoms with E-state index >= 15 is 0 Å². The van der Waals surface area contributed by atoms with Crippen molar-refractivity contribution in [3.63, 3.8) is 0 Å². The summed E-state index contributed by atoms with van der Waals surface area (Å²) in [5.74, 6) is 0.423. The van der Waals surface area contributed by atoms with Crippen LogP contribution in [0.15, 0.2) is 12.4 Å². The molecule has 0 spiro atoms. The van der Waals surface area contributed by atoms with Gasteiger partial charge in [-0.05, 0) is 6.42 Å². The van der Waals surface area contributed by atoms with E-state index in [-0.39, 0.29) is 12.2 Å². The summed E-state index contributed by atoms with van der Waals surface area (Å²) in [6, 6.07) is 0. The first-order valence-corrected chi connectivity index (χ1v) is 7.62. The SMILES string of the molecule is CCCCOC(=O)N1CCC(Oc2cncc(Cl)n2)CC1. The summed E-state index contributed by atoms with van der Waals surface area (Å²) in [7, 11) is 0. The van der Waals surface area contributed by atoms with E-state index in [9.17, 15) is 4.79 Å². The van der Waals surface area contributed by atoms with Gasteiger partial charge in [-0.2, -0.15) is 4.98 Å². The summed E-state index contributed by atoms with van der Waals surface area (Å²) < 4.78 is 10.9. The predicted molar refractivity (Wildman–Crippen MR) is 78.5 cm³/mol. The lowest BCUT2D eigenvalue weighted by Gasteiger charge is -2.31. The van der Waals surface area contributed by atoms with Crippen LogP contribution in [-0.2, 0) is 4.74 Å². The van der Waals surface area contributed by atoms with Crippen LogP contribution in [0.25, 0.3) is 0 Å². The number of amides is 1. The van der Waals surface area contributed by atoms with Crippen molar-refractivity contribution in [2.24, 2.45) is 0 Å². The number of hydrogen-bond acceptors (Lipinski definition) is 5. The summed E-state index contributed by atoms with van der Waals surface area (Å²) in [6.07, 6.45) is 6.21. The van der Waals surface area contributed by atoms with Crippen LogP contribution in [0, 0.1) is 0 Å². The standard InChI is InChI=1S/C14H20ClN3O3/c1-2-3-8-20-14(19)18-6-4-11(5-7-18)21-13-10-16-9-12(15)17-13/h9-11H,2-8H2,1H3. The minimum atomic E-state index is -0.232. The number of hydrogen-bond donors (Lipinski definition) is 0. The molecular weight excluding hydrogens is 294 g/mol. The molecule has 0 aliphatic carbocycles. The fraction of sp³-hybridized carbons (Fsp3) is 0.643. The largest absolute Gasteiger partial charge is 0.473 e. The van der Waals surface area contributed by atoms with Gasteiger partial charge in [0.15, 0.2) is 5.15 Å². The Labute approximate surface area is 129 Å². The number of ether oxygens (including phenoxy) is 2. The first-order valence-electron chi connectivity index (χ1n) is 7.25. The van der Waals surface area contributed by atoms with Gasteiger partial charge in [-0.3, -0.25) is 4.98 Å². The monoisotopic (exact) mass is 313 g/mol. The minimum Gasteiger partial charge on any atom is -0.473 e. The van der Waals surface area contributed by atoms with Crippen LogP contribution in [-0.4, -0.2) is 46.8 Å². The van der Waals surface area contributed by atoms with E-state index in [1.807, 2.05) is 0 Å². The molecule has 1 aromatic rings. The highest BCUT2D eigenvalue weighted by molar-refractivity contribution is 6.29. The van der Waals surface area contributed by atoms with Gasteiger partial charge in [0, 0.05) is 25.9 Å². The number of carbonyl (C=O) groups is 1. The van der Waals surface area contributed by atoms with Crippen molar-refractivity contribution in [1.29, 1.82) is 0 Å². The molecule has 0 unspecified atom stereocenters. The topological polar surface area (TPSA) is 64.5 Å². The molecule has 2 rings (SSSR count). The molecule has 1 saturated heterocycles. The van der Waals surface area contributed by atoms with Crippen LogP contribution in [0.4, 0.5) is 4.79 Å². The van der Waals surface area contributed by atoms with Gasteiger partial charge in [-0.1, -0.05) is 24.9 Å². The Morgan fingerprint density at radius 3 is 2.86 bits per heavy atom. The maximum Gasteiger partial charge on any atom is 0.409 e. The third-order valence-electron chi connectivity index (χ3n) is 3.29. The van der Waals surface area contributed by atoms with Crippen molar-refractivity contribution in [1.82, 2.24) is 14.9 Å². The van der Waals surface area contributed by atoms with Crippen molar-refractivity contribution in [3.8, 4) is 5.88 Å². The smallest absolute Gasteiger partial charge is 0.409 e. The van der Waals surface area contributed by atoms with E-state index < -0.39 is 0 Å². The van der Waals surface area contributed by atoms with Crippen LogP contribution < -0.4 is 4.74 Å². The Morgan fingerprint density at radius 1 is 1.43 bits per heavy atom. The number of likely N-dealkylation sites (tertiary alicyclic amines) is 1. The first-order chi connectivity index (χ1) is 10.2. The molecule has 6 nitrogen and oxygen atoms in total. The second-order valence-corrected chi connectivity index (χ2v) is 5.34. The number of carbonyl (C=O) groups excluding carboxylic acids is 1. The minimum absolute atomic E-state index is 0.0254. The number of nitrogens with zero attached hydrogens (tertiary/aromatic N) is 3. The third-order valence-corrected chi connectivity index (χ3v) is 3.48. The van der Waals surface area contributed by atoms with Gasteiger partial charge < -0.3 is 14.4 Å². The molecule has 1 amide bonds. The van der Waals surface area contributed by atoms with Crippen LogP contribution in [0.2, 0.25) is 5.15 Å². The van der Waals surface area contributed by atoms with Gasteiger partial charge in [-0.25, -0.2) is 4.79 Å². The van der Waals surface area contributed by atoms with Crippen LogP contribution in [0.5, 0.6) is 5.88 Å². The summed E-state index contributed by atoms with van der Waals surface area (Å²) in [5.41, 5.74) is 0. The highest BCUT2D eigenvalue weighted by Crippen LogP contribution is 2.18. The average molecular weight is 314 g/mol. The number of unbranched alkanes of at least 4 members (excludes halogenated alkanes) is 1. The van der Waals surface area contributed by atoms with Crippen molar-refractivity contribution in [2.45, 2.75) is 38.7 Å². The van der Waals surface area contributed by atoms with E-state index in [0.29, 0.717) is 30.7 Å². The quantitative estimate of drug-likeness (QED) is 0.782. The molecule has 1 fully saturated rings. The Hall–Kier alpha value is -1.56. The van der Waals surface area contributed by atoms with Crippen LogP contribution in [0.1, 0.15) is 32.6 Å². The molecular formula is C14H20ClN3O3.